The summed E-state index contributed by atoms with van der Waals surface area (Å²) in [7, 11) is -3.65. The third-order valence-corrected chi connectivity index (χ3v) is 6.33. The van der Waals surface area contributed by atoms with Gasteiger partial charge in [0.1, 0.15) is 12.4 Å². The Morgan fingerprint density at radius 2 is 1.96 bits per heavy atom. The highest BCUT2D eigenvalue weighted by Gasteiger charge is 2.28. The number of nitrogens with zero attached hydrogens (tertiary/aromatic N) is 2. The molecule has 7 heteroatoms. The van der Waals surface area contributed by atoms with E-state index in [9.17, 15) is 8.42 Å². The lowest BCUT2D eigenvalue weighted by molar-refractivity contribution is 0.297. The molecule has 4 rings (SSSR count). The Balaban J connectivity index is 1.71. The van der Waals surface area contributed by atoms with Crippen molar-refractivity contribution in [1.29, 1.82) is 0 Å². The van der Waals surface area contributed by atoms with Crippen molar-refractivity contribution >= 4 is 10.0 Å². The molecule has 0 amide bonds. The number of rotatable bonds is 5. The summed E-state index contributed by atoms with van der Waals surface area (Å²) in [5.74, 6) is 1.16. The van der Waals surface area contributed by atoms with Crippen molar-refractivity contribution in [3.05, 3.63) is 65.9 Å². The maximum Gasteiger partial charge on any atom is 0.243 e. The van der Waals surface area contributed by atoms with Gasteiger partial charge < -0.3 is 9.26 Å². The highest BCUT2D eigenvalue weighted by Crippen LogP contribution is 2.39. The highest BCUT2D eigenvalue weighted by atomic mass is 32.2. The van der Waals surface area contributed by atoms with Gasteiger partial charge in [0.25, 0.3) is 0 Å². The zero-order chi connectivity index (χ0) is 18.1. The normalized spacial score (nSPS) is 13.2. The molecular weight excluding hydrogens is 352 g/mol. The van der Waals surface area contributed by atoms with E-state index in [0.717, 1.165) is 11.1 Å². The average molecular weight is 370 g/mol. The van der Waals surface area contributed by atoms with Gasteiger partial charge in [-0.25, -0.2) is 8.42 Å². The molecule has 0 aliphatic carbocycles. The number of ether oxygens (including phenoxy) is 1. The van der Waals surface area contributed by atoms with Gasteiger partial charge in [-0.1, -0.05) is 42.4 Å². The lowest BCUT2D eigenvalue weighted by Crippen LogP contribution is -2.30. The van der Waals surface area contributed by atoms with E-state index in [0.29, 0.717) is 36.8 Å². The molecule has 0 radical (unpaired) electrons. The summed E-state index contributed by atoms with van der Waals surface area (Å²) in [6, 6.07) is 14.4. The molecule has 2 aromatic carbocycles. The second kappa shape index (κ2) is 6.59. The van der Waals surface area contributed by atoms with Gasteiger partial charge >= 0.3 is 0 Å². The third kappa shape index (κ3) is 2.89. The summed E-state index contributed by atoms with van der Waals surface area (Å²) in [4.78, 5) is 0.210. The number of sulfonamides is 1. The molecule has 0 fully saturated rings. The van der Waals surface area contributed by atoms with Crippen LogP contribution in [0.3, 0.4) is 0 Å². The SMILES string of the molecule is CCN(Cc1ccccc1)S(=O)(=O)c1ccc2c(c1)-c1oncc1CO2. The van der Waals surface area contributed by atoms with Gasteiger partial charge in [0.05, 0.1) is 22.2 Å². The summed E-state index contributed by atoms with van der Waals surface area (Å²) in [6.45, 7) is 2.89. The van der Waals surface area contributed by atoms with Crippen LogP contribution in [0.15, 0.2) is 64.1 Å². The molecule has 1 aliphatic heterocycles. The summed E-state index contributed by atoms with van der Waals surface area (Å²) >= 11 is 0. The van der Waals surface area contributed by atoms with Gasteiger partial charge in [-0.3, -0.25) is 0 Å². The standard InChI is InChI=1S/C19H18N2O4S/c1-2-21(12-14-6-4-3-5-7-14)26(22,23)16-8-9-18-17(10-16)19-15(13-24-18)11-20-25-19/h3-11H,2,12-13H2,1H3. The first-order chi connectivity index (χ1) is 12.6. The Morgan fingerprint density at radius 3 is 2.73 bits per heavy atom. The lowest BCUT2D eigenvalue weighted by atomic mass is 10.1. The van der Waals surface area contributed by atoms with E-state index in [1.165, 1.54) is 4.31 Å². The van der Waals surface area contributed by atoms with Crippen molar-refractivity contribution in [3.63, 3.8) is 0 Å². The van der Waals surface area contributed by atoms with Gasteiger partial charge in [-0.15, -0.1) is 0 Å². The van der Waals surface area contributed by atoms with Crippen LogP contribution in [-0.4, -0.2) is 24.4 Å². The minimum Gasteiger partial charge on any atom is -0.488 e. The Bertz CT molecular complexity index is 1030. The largest absolute Gasteiger partial charge is 0.488 e. The first-order valence-electron chi connectivity index (χ1n) is 8.34. The van der Waals surface area contributed by atoms with Crippen LogP contribution in [0.1, 0.15) is 18.1 Å². The Morgan fingerprint density at radius 1 is 1.15 bits per heavy atom. The number of hydrogen-bond donors (Lipinski definition) is 0. The summed E-state index contributed by atoms with van der Waals surface area (Å²) < 4.78 is 38.7. The third-order valence-electron chi connectivity index (χ3n) is 4.42. The summed E-state index contributed by atoms with van der Waals surface area (Å²) in [5.41, 5.74) is 2.36. The number of aromatic nitrogens is 1. The van der Waals surface area contributed by atoms with Crippen molar-refractivity contribution in [1.82, 2.24) is 9.46 Å². The fourth-order valence-electron chi connectivity index (χ4n) is 3.02. The van der Waals surface area contributed by atoms with Crippen molar-refractivity contribution in [2.45, 2.75) is 25.0 Å². The number of fused-ring (bicyclic) bond motifs is 3. The molecule has 1 aliphatic rings. The van der Waals surface area contributed by atoms with E-state index in [2.05, 4.69) is 5.16 Å². The maximum absolute atomic E-state index is 13.1. The zero-order valence-electron chi connectivity index (χ0n) is 14.3. The summed E-state index contributed by atoms with van der Waals surface area (Å²) in [5, 5.41) is 3.79. The number of hydrogen-bond acceptors (Lipinski definition) is 5. The number of benzene rings is 2. The quantitative estimate of drug-likeness (QED) is 0.688. The molecule has 26 heavy (non-hydrogen) atoms. The lowest BCUT2D eigenvalue weighted by Gasteiger charge is -2.22. The van der Waals surface area contributed by atoms with Gasteiger partial charge in [-0.05, 0) is 23.8 Å². The van der Waals surface area contributed by atoms with Crippen molar-refractivity contribution in [2.24, 2.45) is 0 Å². The van der Waals surface area contributed by atoms with E-state index in [4.69, 9.17) is 9.26 Å². The predicted molar refractivity (Wildman–Crippen MR) is 96.0 cm³/mol. The van der Waals surface area contributed by atoms with Crippen LogP contribution in [-0.2, 0) is 23.2 Å². The topological polar surface area (TPSA) is 72.6 Å². The second-order valence-corrected chi connectivity index (χ2v) is 7.98. The monoisotopic (exact) mass is 370 g/mol. The van der Waals surface area contributed by atoms with E-state index in [-0.39, 0.29) is 4.90 Å². The first-order valence-corrected chi connectivity index (χ1v) is 9.78. The molecule has 134 valence electrons. The van der Waals surface area contributed by atoms with Crippen molar-refractivity contribution in [2.75, 3.05) is 6.54 Å². The molecule has 0 spiro atoms. The van der Waals surface area contributed by atoms with Crippen LogP contribution >= 0.6 is 0 Å². The smallest absolute Gasteiger partial charge is 0.243 e. The molecule has 3 aromatic rings. The van der Waals surface area contributed by atoms with E-state index in [1.54, 1.807) is 24.4 Å². The molecule has 0 atom stereocenters. The molecule has 1 aromatic heterocycles. The maximum atomic E-state index is 13.1. The highest BCUT2D eigenvalue weighted by molar-refractivity contribution is 7.89. The van der Waals surface area contributed by atoms with E-state index in [1.807, 2.05) is 37.3 Å². The predicted octanol–water partition coefficient (Wildman–Crippen LogP) is 3.44. The molecule has 0 unspecified atom stereocenters. The Kier molecular flexibility index (Phi) is 4.26. The molecule has 0 N–H and O–H groups in total. The Labute approximate surface area is 152 Å². The molecule has 2 heterocycles. The average Bonchev–Trinajstić information content (AvgIpc) is 3.15. The van der Waals surface area contributed by atoms with Crippen LogP contribution in [0, 0.1) is 0 Å². The molecule has 0 saturated carbocycles. The van der Waals surface area contributed by atoms with Crippen LogP contribution in [0.2, 0.25) is 0 Å². The second-order valence-electron chi connectivity index (χ2n) is 6.04. The molecular formula is C19H18N2O4S. The van der Waals surface area contributed by atoms with Crippen LogP contribution in [0.4, 0.5) is 0 Å². The summed E-state index contributed by atoms with van der Waals surface area (Å²) in [6.07, 6.45) is 1.59. The van der Waals surface area contributed by atoms with Crippen LogP contribution in [0.5, 0.6) is 5.75 Å². The van der Waals surface area contributed by atoms with Gasteiger partial charge in [0.15, 0.2) is 5.76 Å². The Hall–Kier alpha value is -2.64. The van der Waals surface area contributed by atoms with Crippen molar-refractivity contribution < 1.29 is 17.7 Å². The van der Waals surface area contributed by atoms with Gasteiger partial charge in [0, 0.05) is 13.1 Å². The van der Waals surface area contributed by atoms with Crippen molar-refractivity contribution in [3.8, 4) is 17.1 Å². The zero-order valence-corrected chi connectivity index (χ0v) is 15.1. The van der Waals surface area contributed by atoms with Crippen LogP contribution < -0.4 is 4.74 Å². The fourth-order valence-corrected chi connectivity index (χ4v) is 4.48. The van der Waals surface area contributed by atoms with E-state index < -0.39 is 10.0 Å². The van der Waals surface area contributed by atoms with Gasteiger partial charge in [0.2, 0.25) is 10.0 Å². The molecule has 6 nitrogen and oxygen atoms in total. The fraction of sp³-hybridized carbons (Fsp3) is 0.211. The molecule has 0 bridgehead atoms. The molecule has 0 saturated heterocycles. The minimum absolute atomic E-state index is 0.210. The van der Waals surface area contributed by atoms with Crippen LogP contribution in [0.25, 0.3) is 11.3 Å². The van der Waals surface area contributed by atoms with E-state index >= 15 is 0 Å². The first kappa shape index (κ1) is 16.8. The minimum atomic E-state index is -3.65. The van der Waals surface area contributed by atoms with Gasteiger partial charge in [-0.2, -0.15) is 4.31 Å².